The van der Waals surface area contributed by atoms with Gasteiger partial charge in [0.05, 0.1) is 10.5 Å². The Hall–Kier alpha value is -2.21. The SMILES string of the molecule is CC(C)CC(NC(=O)N(C)C1CCCC1)C(=O)NCCCCNS(=O)c1ccc(F)cc1C(F)(F)F. The van der Waals surface area contributed by atoms with Crippen LogP contribution in [0, 0.1) is 11.7 Å². The molecule has 1 aliphatic carbocycles. The second kappa shape index (κ2) is 13.9. The predicted octanol–water partition coefficient (Wildman–Crippen LogP) is 4.35. The van der Waals surface area contributed by atoms with Crippen molar-refractivity contribution in [1.29, 1.82) is 0 Å². The zero-order chi connectivity index (χ0) is 26.9. The molecule has 204 valence electrons. The summed E-state index contributed by atoms with van der Waals surface area (Å²) in [4.78, 5) is 26.5. The summed E-state index contributed by atoms with van der Waals surface area (Å²) in [5.74, 6) is -1.17. The molecular formula is C24H36F4N4O3S. The first-order chi connectivity index (χ1) is 16.9. The van der Waals surface area contributed by atoms with Gasteiger partial charge in [0.25, 0.3) is 0 Å². The van der Waals surface area contributed by atoms with Gasteiger partial charge in [-0.1, -0.05) is 26.7 Å². The average Bonchev–Trinajstić information content (AvgIpc) is 3.34. The third kappa shape index (κ3) is 9.34. The van der Waals surface area contributed by atoms with E-state index in [9.17, 15) is 31.4 Å². The molecule has 0 radical (unpaired) electrons. The van der Waals surface area contributed by atoms with Crippen LogP contribution in [0.3, 0.4) is 0 Å². The Morgan fingerprint density at radius 1 is 1.14 bits per heavy atom. The molecule has 1 aromatic rings. The molecule has 0 saturated heterocycles. The highest BCUT2D eigenvalue weighted by atomic mass is 32.2. The maximum atomic E-state index is 13.2. The summed E-state index contributed by atoms with van der Waals surface area (Å²) in [6, 6.07) is 1.25. The zero-order valence-electron chi connectivity index (χ0n) is 20.9. The van der Waals surface area contributed by atoms with Gasteiger partial charge in [0.1, 0.15) is 22.8 Å². The van der Waals surface area contributed by atoms with Crippen molar-refractivity contribution < 1.29 is 31.4 Å². The summed E-state index contributed by atoms with van der Waals surface area (Å²) < 4.78 is 67.3. The molecule has 12 heteroatoms. The molecular weight excluding hydrogens is 500 g/mol. The van der Waals surface area contributed by atoms with Crippen molar-refractivity contribution in [1.82, 2.24) is 20.3 Å². The first kappa shape index (κ1) is 30.0. The molecule has 1 aromatic carbocycles. The number of hydrogen-bond acceptors (Lipinski definition) is 3. The van der Waals surface area contributed by atoms with E-state index in [1.807, 2.05) is 13.8 Å². The molecule has 2 atom stereocenters. The highest BCUT2D eigenvalue weighted by Crippen LogP contribution is 2.33. The van der Waals surface area contributed by atoms with Crippen LogP contribution in [0.4, 0.5) is 22.4 Å². The molecule has 3 amide bonds. The Morgan fingerprint density at radius 3 is 2.39 bits per heavy atom. The smallest absolute Gasteiger partial charge is 0.354 e. The third-order valence-electron chi connectivity index (χ3n) is 6.10. The van der Waals surface area contributed by atoms with Crippen molar-refractivity contribution in [2.24, 2.45) is 5.92 Å². The van der Waals surface area contributed by atoms with Crippen molar-refractivity contribution in [2.75, 3.05) is 20.1 Å². The normalized spacial score (nSPS) is 16.1. The molecule has 0 bridgehead atoms. The number of hydrogen-bond donors (Lipinski definition) is 3. The van der Waals surface area contributed by atoms with E-state index in [0.29, 0.717) is 31.9 Å². The lowest BCUT2D eigenvalue weighted by atomic mass is 10.0. The fourth-order valence-corrected chi connectivity index (χ4v) is 5.18. The van der Waals surface area contributed by atoms with Crippen LogP contribution in [0.2, 0.25) is 0 Å². The number of nitrogens with one attached hydrogen (secondary N) is 3. The van der Waals surface area contributed by atoms with Gasteiger partial charge in [0, 0.05) is 26.2 Å². The second-order valence-corrected chi connectivity index (χ2v) is 10.7. The summed E-state index contributed by atoms with van der Waals surface area (Å²) in [6.45, 7) is 4.35. The van der Waals surface area contributed by atoms with E-state index in [0.717, 1.165) is 37.8 Å². The third-order valence-corrected chi connectivity index (χ3v) is 7.32. The van der Waals surface area contributed by atoms with Crippen LogP contribution in [-0.2, 0) is 22.0 Å². The monoisotopic (exact) mass is 536 g/mol. The Balaban J connectivity index is 1.78. The lowest BCUT2D eigenvalue weighted by Gasteiger charge is -2.28. The molecule has 1 aliphatic rings. The fraction of sp³-hybridized carbons (Fsp3) is 0.667. The Bertz CT molecular complexity index is 908. The summed E-state index contributed by atoms with van der Waals surface area (Å²) in [6.07, 6.45) is 0.672. The quantitative estimate of drug-likeness (QED) is 0.274. The lowest BCUT2D eigenvalue weighted by Crippen LogP contribution is -2.52. The minimum atomic E-state index is -4.83. The van der Waals surface area contributed by atoms with E-state index < -0.39 is 39.5 Å². The number of nitrogens with zero attached hydrogens (tertiary/aromatic N) is 1. The van der Waals surface area contributed by atoms with Crippen LogP contribution in [0.5, 0.6) is 0 Å². The van der Waals surface area contributed by atoms with Gasteiger partial charge in [-0.3, -0.25) is 4.79 Å². The van der Waals surface area contributed by atoms with Crippen LogP contribution in [0.25, 0.3) is 0 Å². The van der Waals surface area contributed by atoms with Crippen molar-refractivity contribution in [2.45, 2.75) is 81.9 Å². The molecule has 7 nitrogen and oxygen atoms in total. The molecule has 2 unspecified atom stereocenters. The van der Waals surface area contributed by atoms with E-state index in [-0.39, 0.29) is 30.4 Å². The van der Waals surface area contributed by atoms with E-state index in [2.05, 4.69) is 15.4 Å². The number of halogens is 4. The first-order valence-corrected chi connectivity index (χ1v) is 13.4. The summed E-state index contributed by atoms with van der Waals surface area (Å²) in [5.41, 5.74) is -1.28. The molecule has 1 fully saturated rings. The van der Waals surface area contributed by atoms with Gasteiger partial charge in [-0.25, -0.2) is 18.1 Å². The van der Waals surface area contributed by atoms with Crippen LogP contribution in [0.15, 0.2) is 23.1 Å². The van der Waals surface area contributed by atoms with Crippen molar-refractivity contribution in [3.63, 3.8) is 0 Å². The van der Waals surface area contributed by atoms with Gasteiger partial charge in [0.2, 0.25) is 5.91 Å². The standard InChI is InChI=1S/C24H36F4N4O3S/c1-16(2)14-20(31-23(34)32(3)18-8-4-5-9-18)22(33)29-12-6-7-13-30-36(35)21-11-10-17(25)15-19(21)24(26,27)28/h10-11,15-16,18,20,30H,4-9,12-14H2,1-3H3,(H,29,33)(H,31,34). The average molecular weight is 537 g/mol. The van der Waals surface area contributed by atoms with Gasteiger partial charge in [-0.05, 0) is 56.2 Å². The number of carbonyl (C=O) groups is 2. The van der Waals surface area contributed by atoms with E-state index in [1.165, 1.54) is 0 Å². The largest absolute Gasteiger partial charge is 0.417 e. The van der Waals surface area contributed by atoms with Crippen molar-refractivity contribution in [3.8, 4) is 0 Å². The Morgan fingerprint density at radius 2 is 1.78 bits per heavy atom. The van der Waals surface area contributed by atoms with Crippen molar-refractivity contribution >= 4 is 22.9 Å². The number of benzene rings is 1. The summed E-state index contributed by atoms with van der Waals surface area (Å²) in [5, 5.41) is 5.63. The maximum absolute atomic E-state index is 13.2. The van der Waals surface area contributed by atoms with E-state index in [1.54, 1.807) is 11.9 Å². The number of carbonyl (C=O) groups excluding carboxylic acids is 2. The van der Waals surface area contributed by atoms with Gasteiger partial charge in [-0.15, -0.1) is 0 Å². The minimum absolute atomic E-state index is 0.134. The number of unbranched alkanes of at least 4 members (excludes halogenated alkanes) is 1. The Labute approximate surface area is 212 Å². The maximum Gasteiger partial charge on any atom is 0.417 e. The van der Waals surface area contributed by atoms with Gasteiger partial charge >= 0.3 is 12.2 Å². The fourth-order valence-electron chi connectivity index (χ4n) is 4.12. The highest BCUT2D eigenvalue weighted by molar-refractivity contribution is 7.83. The molecule has 0 spiro atoms. The van der Waals surface area contributed by atoms with Crippen LogP contribution in [-0.4, -0.2) is 53.3 Å². The molecule has 0 aliphatic heterocycles. The van der Waals surface area contributed by atoms with E-state index in [4.69, 9.17) is 0 Å². The lowest BCUT2D eigenvalue weighted by molar-refractivity contribution is -0.140. The second-order valence-electron chi connectivity index (χ2n) is 9.48. The van der Waals surface area contributed by atoms with Crippen LogP contribution >= 0.6 is 0 Å². The Kier molecular flexibility index (Phi) is 11.6. The van der Waals surface area contributed by atoms with Gasteiger partial charge in [-0.2, -0.15) is 13.2 Å². The van der Waals surface area contributed by atoms with Crippen molar-refractivity contribution in [3.05, 3.63) is 29.6 Å². The molecule has 3 N–H and O–H groups in total. The van der Waals surface area contributed by atoms with Gasteiger partial charge < -0.3 is 15.5 Å². The predicted molar refractivity (Wildman–Crippen MR) is 130 cm³/mol. The summed E-state index contributed by atoms with van der Waals surface area (Å²) in [7, 11) is -0.420. The molecule has 1 saturated carbocycles. The topological polar surface area (TPSA) is 90.5 Å². The first-order valence-electron chi connectivity index (χ1n) is 12.2. The number of urea groups is 1. The van der Waals surface area contributed by atoms with E-state index >= 15 is 0 Å². The summed E-state index contributed by atoms with van der Waals surface area (Å²) >= 11 is 0. The molecule has 36 heavy (non-hydrogen) atoms. The van der Waals surface area contributed by atoms with Gasteiger partial charge in [0.15, 0.2) is 0 Å². The highest BCUT2D eigenvalue weighted by Gasteiger charge is 2.35. The number of amides is 3. The molecule has 0 aromatic heterocycles. The number of alkyl halides is 3. The molecule has 2 rings (SSSR count). The molecule has 0 heterocycles. The van der Waals surface area contributed by atoms with Crippen LogP contribution in [0.1, 0.15) is 64.4 Å². The zero-order valence-corrected chi connectivity index (χ0v) is 21.7. The van der Waals surface area contributed by atoms with Crippen LogP contribution < -0.4 is 15.4 Å². The minimum Gasteiger partial charge on any atom is -0.354 e. The number of rotatable bonds is 12.